The molecule has 2 heterocycles. The molecule has 158 valence electrons. The van der Waals surface area contributed by atoms with Crippen molar-refractivity contribution in [2.24, 2.45) is 0 Å². The lowest BCUT2D eigenvalue weighted by Gasteiger charge is -2.34. The lowest BCUT2D eigenvalue weighted by molar-refractivity contribution is -0.131. The summed E-state index contributed by atoms with van der Waals surface area (Å²) in [6, 6.07) is 12.7. The predicted octanol–water partition coefficient (Wildman–Crippen LogP) is 4.67. The van der Waals surface area contributed by atoms with Crippen LogP contribution in [-0.4, -0.2) is 54.8 Å². The zero-order valence-electron chi connectivity index (χ0n) is 16.8. The first-order valence-corrected chi connectivity index (χ1v) is 11.8. The van der Waals surface area contributed by atoms with Crippen molar-refractivity contribution in [3.05, 3.63) is 48.3 Å². The molecule has 5 nitrogen and oxygen atoms in total. The third kappa shape index (κ3) is 5.05. The third-order valence-corrected chi connectivity index (χ3v) is 7.28. The molecule has 4 rings (SSSR count). The molecular formula is C22H24FN3O2S2. The number of hydrogen-bond acceptors (Lipinski definition) is 6. The van der Waals surface area contributed by atoms with E-state index in [9.17, 15) is 9.18 Å². The minimum atomic E-state index is -0.238. The first kappa shape index (κ1) is 20.9. The van der Waals surface area contributed by atoms with Crippen LogP contribution in [0.15, 0.2) is 47.4 Å². The molecule has 0 spiro atoms. The second-order valence-corrected chi connectivity index (χ2v) is 9.28. The standard InChI is InChI=1S/C22H24FN3O2S2/c1-28-17-5-7-18(8-6-17)29-14-2-3-21(27)25-10-12-26(13-11-25)22-24-19-9-4-16(23)15-20(19)30-22/h4-9,15H,2-3,10-14H2,1H3. The Labute approximate surface area is 183 Å². The maximum Gasteiger partial charge on any atom is 0.222 e. The predicted molar refractivity (Wildman–Crippen MR) is 121 cm³/mol. The molecule has 1 fully saturated rings. The number of ether oxygens (including phenoxy) is 1. The van der Waals surface area contributed by atoms with Crippen molar-refractivity contribution in [2.45, 2.75) is 17.7 Å². The topological polar surface area (TPSA) is 45.7 Å². The van der Waals surface area contributed by atoms with E-state index in [0.717, 1.165) is 46.4 Å². The highest BCUT2D eigenvalue weighted by atomic mass is 32.2. The number of carbonyl (C=O) groups excluding carboxylic acids is 1. The van der Waals surface area contributed by atoms with Crippen LogP contribution in [0.5, 0.6) is 5.75 Å². The van der Waals surface area contributed by atoms with E-state index in [1.54, 1.807) is 24.9 Å². The molecule has 0 radical (unpaired) electrons. The first-order valence-electron chi connectivity index (χ1n) is 9.98. The number of methoxy groups -OCH3 is 1. The Hall–Kier alpha value is -2.32. The maximum absolute atomic E-state index is 13.4. The van der Waals surface area contributed by atoms with Crippen LogP contribution in [0.25, 0.3) is 10.2 Å². The number of hydrogen-bond donors (Lipinski definition) is 0. The Morgan fingerprint density at radius 2 is 1.93 bits per heavy atom. The van der Waals surface area contributed by atoms with Gasteiger partial charge in [0.05, 0.1) is 17.3 Å². The second-order valence-electron chi connectivity index (χ2n) is 7.10. The highest BCUT2D eigenvalue weighted by molar-refractivity contribution is 7.99. The van der Waals surface area contributed by atoms with Crippen molar-refractivity contribution >= 4 is 44.4 Å². The minimum absolute atomic E-state index is 0.219. The van der Waals surface area contributed by atoms with E-state index >= 15 is 0 Å². The summed E-state index contributed by atoms with van der Waals surface area (Å²) in [7, 11) is 1.66. The van der Waals surface area contributed by atoms with Gasteiger partial charge in [-0.3, -0.25) is 4.79 Å². The summed E-state index contributed by atoms with van der Waals surface area (Å²) >= 11 is 3.27. The van der Waals surface area contributed by atoms with E-state index in [0.29, 0.717) is 19.5 Å². The Balaban J connectivity index is 1.20. The Bertz CT molecular complexity index is 1000. The summed E-state index contributed by atoms with van der Waals surface area (Å²) in [4.78, 5) is 22.5. The molecule has 0 saturated carbocycles. The van der Waals surface area contributed by atoms with Crippen LogP contribution < -0.4 is 9.64 Å². The number of anilines is 1. The smallest absolute Gasteiger partial charge is 0.222 e. The van der Waals surface area contributed by atoms with Gasteiger partial charge < -0.3 is 14.5 Å². The Kier molecular flexibility index (Phi) is 6.74. The van der Waals surface area contributed by atoms with Crippen molar-refractivity contribution in [3.8, 4) is 5.75 Å². The molecule has 0 bridgehead atoms. The van der Waals surface area contributed by atoms with E-state index in [1.165, 1.54) is 28.4 Å². The summed E-state index contributed by atoms with van der Waals surface area (Å²) in [5.74, 6) is 1.75. The molecule has 1 amide bonds. The summed E-state index contributed by atoms with van der Waals surface area (Å²) in [5, 5.41) is 0.901. The second kappa shape index (κ2) is 9.66. The number of thiazole rings is 1. The van der Waals surface area contributed by atoms with E-state index in [4.69, 9.17) is 4.74 Å². The van der Waals surface area contributed by atoms with Crippen molar-refractivity contribution < 1.29 is 13.9 Å². The molecular weight excluding hydrogens is 421 g/mol. The number of amides is 1. The van der Waals surface area contributed by atoms with Crippen LogP contribution in [-0.2, 0) is 4.79 Å². The Morgan fingerprint density at radius 3 is 2.67 bits per heavy atom. The number of thioether (sulfide) groups is 1. The van der Waals surface area contributed by atoms with Gasteiger partial charge in [-0.05, 0) is 54.6 Å². The number of fused-ring (bicyclic) bond motifs is 1. The van der Waals surface area contributed by atoms with E-state index in [2.05, 4.69) is 9.88 Å². The van der Waals surface area contributed by atoms with Crippen molar-refractivity contribution in [3.63, 3.8) is 0 Å². The average Bonchev–Trinajstić information content (AvgIpc) is 3.20. The molecule has 8 heteroatoms. The molecule has 1 aliphatic heterocycles. The fourth-order valence-corrected chi connectivity index (χ4v) is 5.31. The van der Waals surface area contributed by atoms with Gasteiger partial charge in [0.2, 0.25) is 5.91 Å². The lowest BCUT2D eigenvalue weighted by Crippen LogP contribution is -2.48. The molecule has 1 aromatic heterocycles. The molecule has 30 heavy (non-hydrogen) atoms. The summed E-state index contributed by atoms with van der Waals surface area (Å²) in [6.45, 7) is 2.92. The zero-order chi connectivity index (χ0) is 20.9. The highest BCUT2D eigenvalue weighted by Crippen LogP contribution is 2.30. The largest absolute Gasteiger partial charge is 0.497 e. The van der Waals surface area contributed by atoms with Gasteiger partial charge in [0.1, 0.15) is 11.6 Å². The van der Waals surface area contributed by atoms with Gasteiger partial charge in [-0.15, -0.1) is 11.8 Å². The van der Waals surface area contributed by atoms with Crippen LogP contribution in [0, 0.1) is 5.82 Å². The summed E-state index contributed by atoms with van der Waals surface area (Å²) < 4.78 is 19.4. The van der Waals surface area contributed by atoms with Crippen LogP contribution >= 0.6 is 23.1 Å². The van der Waals surface area contributed by atoms with Gasteiger partial charge in [-0.25, -0.2) is 9.37 Å². The lowest BCUT2D eigenvalue weighted by atomic mass is 10.2. The van der Waals surface area contributed by atoms with Crippen LogP contribution in [0.1, 0.15) is 12.8 Å². The van der Waals surface area contributed by atoms with Gasteiger partial charge in [-0.1, -0.05) is 11.3 Å². The third-order valence-electron chi connectivity index (χ3n) is 5.11. The molecule has 3 aromatic rings. The van der Waals surface area contributed by atoms with Crippen LogP contribution in [0.4, 0.5) is 9.52 Å². The number of carbonyl (C=O) groups is 1. The van der Waals surface area contributed by atoms with Crippen molar-refractivity contribution in [2.75, 3.05) is 43.9 Å². The number of halogens is 1. The van der Waals surface area contributed by atoms with E-state index < -0.39 is 0 Å². The highest BCUT2D eigenvalue weighted by Gasteiger charge is 2.22. The number of aromatic nitrogens is 1. The first-order chi connectivity index (χ1) is 14.6. The molecule has 0 aliphatic carbocycles. The fourth-order valence-electron chi connectivity index (χ4n) is 3.41. The SMILES string of the molecule is COc1ccc(SCCCC(=O)N2CCN(c3nc4ccc(F)cc4s3)CC2)cc1. The van der Waals surface area contributed by atoms with Crippen LogP contribution in [0.2, 0.25) is 0 Å². The number of rotatable bonds is 7. The number of nitrogens with zero attached hydrogens (tertiary/aromatic N) is 3. The maximum atomic E-state index is 13.4. The molecule has 0 atom stereocenters. The quantitative estimate of drug-likeness (QED) is 0.391. The molecule has 1 aliphatic rings. The molecule has 0 N–H and O–H groups in total. The zero-order valence-corrected chi connectivity index (χ0v) is 18.5. The average molecular weight is 446 g/mol. The van der Waals surface area contributed by atoms with Gasteiger partial charge in [-0.2, -0.15) is 0 Å². The normalized spacial score (nSPS) is 14.3. The van der Waals surface area contributed by atoms with Gasteiger partial charge in [0, 0.05) is 37.5 Å². The molecule has 1 saturated heterocycles. The van der Waals surface area contributed by atoms with Crippen molar-refractivity contribution in [1.82, 2.24) is 9.88 Å². The number of piperazine rings is 1. The fraction of sp³-hybridized carbons (Fsp3) is 0.364. The van der Waals surface area contributed by atoms with Gasteiger partial charge in [0.15, 0.2) is 5.13 Å². The summed E-state index contributed by atoms with van der Waals surface area (Å²) in [6.07, 6.45) is 1.43. The summed E-state index contributed by atoms with van der Waals surface area (Å²) in [5.41, 5.74) is 0.823. The van der Waals surface area contributed by atoms with Gasteiger partial charge in [0.25, 0.3) is 0 Å². The van der Waals surface area contributed by atoms with Crippen molar-refractivity contribution in [1.29, 1.82) is 0 Å². The molecule has 0 unspecified atom stereocenters. The monoisotopic (exact) mass is 445 g/mol. The Morgan fingerprint density at radius 1 is 1.17 bits per heavy atom. The van der Waals surface area contributed by atoms with E-state index in [1.807, 2.05) is 29.2 Å². The van der Waals surface area contributed by atoms with Gasteiger partial charge >= 0.3 is 0 Å². The van der Waals surface area contributed by atoms with E-state index in [-0.39, 0.29) is 11.7 Å². The minimum Gasteiger partial charge on any atom is -0.497 e. The number of benzene rings is 2. The molecule has 2 aromatic carbocycles. The van der Waals surface area contributed by atoms with Crippen LogP contribution in [0.3, 0.4) is 0 Å².